The monoisotopic (exact) mass is 213 g/mol. The van der Waals surface area contributed by atoms with Crippen molar-refractivity contribution in [3.05, 3.63) is 35.4 Å². The van der Waals surface area contributed by atoms with E-state index in [1.807, 2.05) is 18.2 Å². The Labute approximate surface area is 88.3 Å². The predicted octanol–water partition coefficient (Wildman–Crippen LogP) is 1.29. The molecule has 0 radical (unpaired) electrons. The van der Waals surface area contributed by atoms with Gasteiger partial charge in [-0.15, -0.1) is 12.4 Å². The maximum Gasteiger partial charge on any atom is 0.328 e. The molecule has 1 aliphatic rings. The maximum atomic E-state index is 11.0. The summed E-state index contributed by atoms with van der Waals surface area (Å²) in [7, 11) is 0. The Bertz CT molecular complexity index is 367. The third-order valence-corrected chi connectivity index (χ3v) is 2.67. The Hall–Kier alpha value is -1.06. The van der Waals surface area contributed by atoms with Crippen LogP contribution in [0.3, 0.4) is 0 Å². The Morgan fingerprint density at radius 2 is 2.07 bits per heavy atom. The van der Waals surface area contributed by atoms with E-state index < -0.39 is 11.5 Å². The molecule has 3 N–H and O–H groups in total. The van der Waals surface area contributed by atoms with Crippen LogP contribution in [0.4, 0.5) is 0 Å². The highest BCUT2D eigenvalue weighted by Crippen LogP contribution is 2.34. The van der Waals surface area contributed by atoms with E-state index in [0.717, 1.165) is 17.5 Å². The number of hydrogen-bond donors (Lipinski definition) is 2. The lowest BCUT2D eigenvalue weighted by molar-refractivity contribution is -0.143. The standard InChI is InChI=1S/C10H11NO2.ClH/c11-10(9(12)13)6-5-7-3-1-2-4-8(7)10;/h1-4H,5-6,11H2,(H,12,13);1H/t10-;/m0./s1. The van der Waals surface area contributed by atoms with E-state index in [0.29, 0.717) is 6.42 Å². The first kappa shape index (κ1) is 11.0. The lowest BCUT2D eigenvalue weighted by Crippen LogP contribution is -2.42. The minimum absolute atomic E-state index is 0. The second kappa shape index (κ2) is 3.59. The number of aryl methyl sites for hydroxylation is 1. The summed E-state index contributed by atoms with van der Waals surface area (Å²) in [5.74, 6) is -0.933. The summed E-state index contributed by atoms with van der Waals surface area (Å²) in [5.41, 5.74) is 6.49. The van der Waals surface area contributed by atoms with Gasteiger partial charge in [-0.25, -0.2) is 4.79 Å². The van der Waals surface area contributed by atoms with Gasteiger partial charge in [0.2, 0.25) is 0 Å². The minimum Gasteiger partial charge on any atom is -0.480 e. The van der Waals surface area contributed by atoms with Crippen molar-refractivity contribution >= 4 is 18.4 Å². The van der Waals surface area contributed by atoms with Crippen molar-refractivity contribution in [2.45, 2.75) is 18.4 Å². The number of hydrogen-bond acceptors (Lipinski definition) is 2. The zero-order chi connectivity index (χ0) is 9.47. The Kier molecular flexibility index (Phi) is 2.83. The molecule has 1 aromatic rings. The number of carboxylic acid groups (broad SMARTS) is 1. The molecule has 2 rings (SSSR count). The summed E-state index contributed by atoms with van der Waals surface area (Å²) in [6, 6.07) is 7.48. The SMILES string of the molecule is Cl.N[C@@]1(C(=O)O)CCc2ccccc21. The second-order valence-corrected chi connectivity index (χ2v) is 3.43. The molecule has 3 nitrogen and oxygen atoms in total. The van der Waals surface area contributed by atoms with E-state index in [1.54, 1.807) is 6.07 Å². The van der Waals surface area contributed by atoms with Crippen LogP contribution >= 0.6 is 12.4 Å². The molecule has 4 heteroatoms. The van der Waals surface area contributed by atoms with Gasteiger partial charge in [-0.3, -0.25) is 0 Å². The van der Waals surface area contributed by atoms with Gasteiger partial charge in [0.05, 0.1) is 0 Å². The molecule has 14 heavy (non-hydrogen) atoms. The zero-order valence-electron chi connectivity index (χ0n) is 7.56. The topological polar surface area (TPSA) is 63.3 Å². The van der Waals surface area contributed by atoms with Gasteiger partial charge in [-0.2, -0.15) is 0 Å². The Morgan fingerprint density at radius 1 is 1.43 bits per heavy atom. The quantitative estimate of drug-likeness (QED) is 0.739. The van der Waals surface area contributed by atoms with Gasteiger partial charge in [0, 0.05) is 0 Å². The van der Waals surface area contributed by atoms with Crippen LogP contribution < -0.4 is 5.73 Å². The first-order valence-electron chi connectivity index (χ1n) is 4.25. The minimum atomic E-state index is -1.16. The van der Waals surface area contributed by atoms with Gasteiger partial charge < -0.3 is 10.8 Å². The van der Waals surface area contributed by atoms with Crippen molar-refractivity contribution in [2.24, 2.45) is 5.73 Å². The highest BCUT2D eigenvalue weighted by molar-refractivity contribution is 5.85. The van der Waals surface area contributed by atoms with E-state index >= 15 is 0 Å². The molecule has 1 aliphatic carbocycles. The predicted molar refractivity (Wildman–Crippen MR) is 55.5 cm³/mol. The molecule has 0 amide bonds. The first-order valence-corrected chi connectivity index (χ1v) is 4.25. The number of fused-ring (bicyclic) bond motifs is 1. The van der Waals surface area contributed by atoms with Crippen molar-refractivity contribution in [3.8, 4) is 0 Å². The summed E-state index contributed by atoms with van der Waals surface area (Å²) in [6.07, 6.45) is 1.26. The van der Waals surface area contributed by atoms with Gasteiger partial charge in [0.1, 0.15) is 5.54 Å². The number of carboxylic acids is 1. The smallest absolute Gasteiger partial charge is 0.328 e. The molecule has 76 valence electrons. The number of halogens is 1. The summed E-state index contributed by atoms with van der Waals surface area (Å²) < 4.78 is 0. The van der Waals surface area contributed by atoms with E-state index in [2.05, 4.69) is 0 Å². The molecule has 0 saturated heterocycles. The number of aliphatic carboxylic acids is 1. The number of rotatable bonds is 1. The molecule has 1 atom stereocenters. The van der Waals surface area contributed by atoms with Gasteiger partial charge in [0.25, 0.3) is 0 Å². The van der Waals surface area contributed by atoms with Crippen molar-refractivity contribution < 1.29 is 9.90 Å². The molecule has 0 aromatic heterocycles. The maximum absolute atomic E-state index is 11.0. The third kappa shape index (κ3) is 1.38. The van der Waals surface area contributed by atoms with Crippen molar-refractivity contribution in [1.82, 2.24) is 0 Å². The van der Waals surface area contributed by atoms with E-state index in [9.17, 15) is 4.79 Å². The van der Waals surface area contributed by atoms with Crippen molar-refractivity contribution in [1.29, 1.82) is 0 Å². The first-order chi connectivity index (χ1) is 6.14. The second-order valence-electron chi connectivity index (χ2n) is 3.43. The van der Waals surface area contributed by atoms with Crippen molar-refractivity contribution in [2.75, 3.05) is 0 Å². The molecule has 0 saturated carbocycles. The summed E-state index contributed by atoms with van der Waals surface area (Å²) in [4.78, 5) is 11.0. The molecular formula is C10H12ClNO2. The largest absolute Gasteiger partial charge is 0.480 e. The number of benzene rings is 1. The van der Waals surface area contributed by atoms with Crippen LogP contribution in [-0.4, -0.2) is 11.1 Å². The van der Waals surface area contributed by atoms with Crippen LogP contribution in [0.15, 0.2) is 24.3 Å². The average Bonchev–Trinajstić information content (AvgIpc) is 2.47. The average molecular weight is 214 g/mol. The fourth-order valence-electron chi connectivity index (χ4n) is 1.86. The highest BCUT2D eigenvalue weighted by atomic mass is 35.5. The Morgan fingerprint density at radius 3 is 2.71 bits per heavy atom. The summed E-state index contributed by atoms with van der Waals surface area (Å²) >= 11 is 0. The van der Waals surface area contributed by atoms with Crippen LogP contribution in [0.25, 0.3) is 0 Å². The lowest BCUT2D eigenvalue weighted by atomic mass is 9.93. The van der Waals surface area contributed by atoms with Crippen molar-refractivity contribution in [3.63, 3.8) is 0 Å². The van der Waals surface area contributed by atoms with Gasteiger partial charge >= 0.3 is 5.97 Å². The van der Waals surface area contributed by atoms with E-state index in [4.69, 9.17) is 10.8 Å². The van der Waals surface area contributed by atoms with Crippen LogP contribution in [0.2, 0.25) is 0 Å². The van der Waals surface area contributed by atoms with Crippen LogP contribution in [0, 0.1) is 0 Å². The fraction of sp³-hybridized carbons (Fsp3) is 0.300. The zero-order valence-corrected chi connectivity index (χ0v) is 8.38. The van der Waals surface area contributed by atoms with Gasteiger partial charge in [-0.05, 0) is 24.0 Å². The van der Waals surface area contributed by atoms with E-state index in [-0.39, 0.29) is 12.4 Å². The molecule has 0 heterocycles. The number of carbonyl (C=O) groups is 1. The van der Waals surface area contributed by atoms with Crippen LogP contribution in [-0.2, 0) is 16.8 Å². The molecule has 0 aliphatic heterocycles. The molecule has 1 aromatic carbocycles. The molecule has 0 bridgehead atoms. The molecular weight excluding hydrogens is 202 g/mol. The van der Waals surface area contributed by atoms with Crippen LogP contribution in [0.1, 0.15) is 17.5 Å². The summed E-state index contributed by atoms with van der Waals surface area (Å²) in [5, 5.41) is 8.99. The number of nitrogens with two attached hydrogens (primary N) is 1. The molecule has 0 unspecified atom stereocenters. The fourth-order valence-corrected chi connectivity index (χ4v) is 1.86. The Balaban J connectivity index is 0.000000980. The molecule has 0 spiro atoms. The molecule has 0 fully saturated rings. The van der Waals surface area contributed by atoms with E-state index in [1.165, 1.54) is 0 Å². The van der Waals surface area contributed by atoms with Gasteiger partial charge in [-0.1, -0.05) is 24.3 Å². The lowest BCUT2D eigenvalue weighted by Gasteiger charge is -2.19. The highest BCUT2D eigenvalue weighted by Gasteiger charge is 2.41. The summed E-state index contributed by atoms with van der Waals surface area (Å²) in [6.45, 7) is 0. The van der Waals surface area contributed by atoms with Gasteiger partial charge in [0.15, 0.2) is 0 Å². The normalized spacial score (nSPS) is 23.8. The van der Waals surface area contributed by atoms with Crippen LogP contribution in [0.5, 0.6) is 0 Å². The third-order valence-electron chi connectivity index (χ3n) is 2.67.